The SMILES string of the molecule is Cc1cccc(-c2c(C)[nH]c3ccc(C)cc23)c1. The Morgan fingerprint density at radius 3 is 2.39 bits per heavy atom. The van der Waals surface area contributed by atoms with Crippen LogP contribution in [-0.4, -0.2) is 4.98 Å². The minimum absolute atomic E-state index is 1.22. The molecule has 90 valence electrons. The van der Waals surface area contributed by atoms with Gasteiger partial charge >= 0.3 is 0 Å². The lowest BCUT2D eigenvalue weighted by Gasteiger charge is -2.03. The van der Waals surface area contributed by atoms with Crippen LogP contribution in [-0.2, 0) is 0 Å². The van der Waals surface area contributed by atoms with Crippen LogP contribution in [0.3, 0.4) is 0 Å². The number of benzene rings is 2. The second kappa shape index (κ2) is 4.02. The molecule has 3 aromatic rings. The van der Waals surface area contributed by atoms with Gasteiger partial charge in [-0.05, 0) is 38.5 Å². The number of aromatic nitrogens is 1. The van der Waals surface area contributed by atoms with Gasteiger partial charge in [-0.15, -0.1) is 0 Å². The first-order valence-electron chi connectivity index (χ1n) is 6.31. The van der Waals surface area contributed by atoms with Gasteiger partial charge in [-0.3, -0.25) is 0 Å². The van der Waals surface area contributed by atoms with E-state index in [9.17, 15) is 0 Å². The fourth-order valence-electron chi connectivity index (χ4n) is 2.61. The van der Waals surface area contributed by atoms with E-state index < -0.39 is 0 Å². The van der Waals surface area contributed by atoms with Crippen LogP contribution in [0, 0.1) is 20.8 Å². The number of aryl methyl sites for hydroxylation is 3. The Labute approximate surface area is 107 Å². The summed E-state index contributed by atoms with van der Waals surface area (Å²) in [4.78, 5) is 3.47. The molecule has 0 saturated heterocycles. The van der Waals surface area contributed by atoms with Crippen molar-refractivity contribution < 1.29 is 0 Å². The molecule has 0 saturated carbocycles. The summed E-state index contributed by atoms with van der Waals surface area (Å²) in [5.74, 6) is 0. The van der Waals surface area contributed by atoms with Crippen LogP contribution in [0.25, 0.3) is 22.0 Å². The van der Waals surface area contributed by atoms with Gasteiger partial charge in [-0.25, -0.2) is 0 Å². The third-order valence-corrected chi connectivity index (χ3v) is 3.45. The van der Waals surface area contributed by atoms with Crippen molar-refractivity contribution in [3.63, 3.8) is 0 Å². The van der Waals surface area contributed by atoms with Crippen molar-refractivity contribution in [2.75, 3.05) is 0 Å². The molecule has 0 fully saturated rings. The zero-order valence-corrected chi connectivity index (χ0v) is 11.0. The summed E-state index contributed by atoms with van der Waals surface area (Å²) in [5, 5.41) is 1.32. The Kier molecular flexibility index (Phi) is 2.48. The lowest BCUT2D eigenvalue weighted by atomic mass is 10.00. The predicted octanol–water partition coefficient (Wildman–Crippen LogP) is 4.76. The standard InChI is InChI=1S/C17H17N/c1-11-5-4-6-14(9-11)17-13(3)18-16-8-7-12(2)10-15(16)17/h4-10,18H,1-3H3. The zero-order valence-electron chi connectivity index (χ0n) is 11.0. The van der Waals surface area contributed by atoms with Gasteiger partial charge in [0.05, 0.1) is 0 Å². The third kappa shape index (κ3) is 1.72. The predicted molar refractivity (Wildman–Crippen MR) is 77.9 cm³/mol. The molecule has 1 heteroatoms. The van der Waals surface area contributed by atoms with Crippen LogP contribution >= 0.6 is 0 Å². The number of H-pyrrole nitrogens is 1. The average Bonchev–Trinajstić information content (AvgIpc) is 2.64. The van der Waals surface area contributed by atoms with Crippen LogP contribution in [0.15, 0.2) is 42.5 Å². The number of hydrogen-bond acceptors (Lipinski definition) is 0. The summed E-state index contributed by atoms with van der Waals surface area (Å²) in [7, 11) is 0. The summed E-state index contributed by atoms with van der Waals surface area (Å²) in [6.07, 6.45) is 0. The average molecular weight is 235 g/mol. The van der Waals surface area contributed by atoms with Crippen molar-refractivity contribution in [2.24, 2.45) is 0 Å². The normalized spacial score (nSPS) is 11.1. The Balaban J connectivity index is 2.34. The summed E-state index contributed by atoms with van der Waals surface area (Å²) >= 11 is 0. The van der Waals surface area contributed by atoms with E-state index in [4.69, 9.17) is 0 Å². The quantitative estimate of drug-likeness (QED) is 0.626. The number of nitrogens with one attached hydrogen (secondary N) is 1. The monoisotopic (exact) mass is 235 g/mol. The van der Waals surface area contributed by atoms with Crippen molar-refractivity contribution in [1.29, 1.82) is 0 Å². The maximum Gasteiger partial charge on any atom is 0.0462 e. The maximum atomic E-state index is 3.47. The van der Waals surface area contributed by atoms with Crippen molar-refractivity contribution in [3.05, 3.63) is 59.3 Å². The Bertz CT molecular complexity index is 720. The van der Waals surface area contributed by atoms with E-state index in [1.165, 1.54) is 38.9 Å². The summed E-state index contributed by atoms with van der Waals surface area (Å²) in [6, 6.07) is 15.3. The molecule has 1 nitrogen and oxygen atoms in total. The molecule has 1 N–H and O–H groups in total. The molecule has 3 rings (SSSR count). The van der Waals surface area contributed by atoms with Crippen LogP contribution in [0.4, 0.5) is 0 Å². The van der Waals surface area contributed by atoms with Gasteiger partial charge in [-0.1, -0.05) is 41.5 Å². The molecule has 0 radical (unpaired) electrons. The molecule has 0 atom stereocenters. The van der Waals surface area contributed by atoms with Crippen molar-refractivity contribution in [2.45, 2.75) is 20.8 Å². The smallest absolute Gasteiger partial charge is 0.0462 e. The molecule has 1 aromatic heterocycles. The van der Waals surface area contributed by atoms with E-state index >= 15 is 0 Å². The highest BCUT2D eigenvalue weighted by molar-refractivity contribution is 5.97. The Hall–Kier alpha value is -2.02. The molecule has 18 heavy (non-hydrogen) atoms. The number of fused-ring (bicyclic) bond motifs is 1. The van der Waals surface area contributed by atoms with Gasteiger partial charge < -0.3 is 4.98 Å². The van der Waals surface area contributed by atoms with Crippen LogP contribution < -0.4 is 0 Å². The van der Waals surface area contributed by atoms with E-state index in [1.54, 1.807) is 0 Å². The number of rotatable bonds is 1. The topological polar surface area (TPSA) is 15.8 Å². The second-order valence-corrected chi connectivity index (χ2v) is 5.04. The maximum absolute atomic E-state index is 3.47. The summed E-state index contributed by atoms with van der Waals surface area (Å²) < 4.78 is 0. The van der Waals surface area contributed by atoms with Gasteiger partial charge in [0.2, 0.25) is 0 Å². The van der Waals surface area contributed by atoms with Crippen LogP contribution in [0.2, 0.25) is 0 Å². The molecule has 0 spiro atoms. The largest absolute Gasteiger partial charge is 0.358 e. The first-order chi connectivity index (χ1) is 8.65. The molecule has 0 amide bonds. The van der Waals surface area contributed by atoms with Crippen molar-refractivity contribution in [1.82, 2.24) is 4.98 Å². The van der Waals surface area contributed by atoms with Gasteiger partial charge in [0, 0.05) is 22.2 Å². The highest BCUT2D eigenvalue weighted by atomic mass is 14.7. The lowest BCUT2D eigenvalue weighted by molar-refractivity contribution is 1.30. The molecule has 0 unspecified atom stereocenters. The third-order valence-electron chi connectivity index (χ3n) is 3.45. The first-order valence-corrected chi connectivity index (χ1v) is 6.31. The van der Waals surface area contributed by atoms with E-state index in [0.29, 0.717) is 0 Å². The van der Waals surface area contributed by atoms with Crippen molar-refractivity contribution in [3.8, 4) is 11.1 Å². The molecule has 1 heterocycles. The molecule has 0 aliphatic heterocycles. The zero-order chi connectivity index (χ0) is 12.7. The van der Waals surface area contributed by atoms with Gasteiger partial charge in [0.15, 0.2) is 0 Å². The molecular weight excluding hydrogens is 218 g/mol. The molecule has 0 bridgehead atoms. The molecular formula is C17H17N. The highest BCUT2D eigenvalue weighted by Gasteiger charge is 2.10. The van der Waals surface area contributed by atoms with Crippen LogP contribution in [0.1, 0.15) is 16.8 Å². The first kappa shape index (κ1) is 11.1. The molecule has 0 aliphatic carbocycles. The van der Waals surface area contributed by atoms with E-state index in [0.717, 1.165) is 0 Å². The Morgan fingerprint density at radius 1 is 0.833 bits per heavy atom. The highest BCUT2D eigenvalue weighted by Crippen LogP contribution is 2.32. The minimum Gasteiger partial charge on any atom is -0.358 e. The molecule has 2 aromatic carbocycles. The Morgan fingerprint density at radius 2 is 1.61 bits per heavy atom. The van der Waals surface area contributed by atoms with Crippen LogP contribution in [0.5, 0.6) is 0 Å². The van der Waals surface area contributed by atoms with Gasteiger partial charge in [-0.2, -0.15) is 0 Å². The van der Waals surface area contributed by atoms with E-state index in [2.05, 4.69) is 68.2 Å². The van der Waals surface area contributed by atoms with Gasteiger partial charge in [0.1, 0.15) is 0 Å². The second-order valence-electron chi connectivity index (χ2n) is 5.04. The summed E-state index contributed by atoms with van der Waals surface area (Å²) in [5.41, 5.74) is 7.68. The fraction of sp³-hybridized carbons (Fsp3) is 0.176. The lowest BCUT2D eigenvalue weighted by Crippen LogP contribution is -1.81. The van der Waals surface area contributed by atoms with E-state index in [1.807, 2.05) is 0 Å². The van der Waals surface area contributed by atoms with Gasteiger partial charge in [0.25, 0.3) is 0 Å². The van der Waals surface area contributed by atoms with Crippen molar-refractivity contribution >= 4 is 10.9 Å². The summed E-state index contributed by atoms with van der Waals surface area (Å²) in [6.45, 7) is 6.42. The minimum atomic E-state index is 1.22. The van der Waals surface area contributed by atoms with E-state index in [-0.39, 0.29) is 0 Å². The number of aromatic amines is 1. The molecule has 0 aliphatic rings. The number of hydrogen-bond donors (Lipinski definition) is 1. The fourth-order valence-corrected chi connectivity index (χ4v) is 2.61.